The number of carbonyl (C=O) groups excluding carboxylic acids is 1. The van der Waals surface area contributed by atoms with Crippen LogP contribution in [0, 0.1) is 0 Å². The van der Waals surface area contributed by atoms with Crippen LogP contribution < -0.4 is 4.90 Å². The van der Waals surface area contributed by atoms with E-state index in [9.17, 15) is 4.79 Å². The maximum absolute atomic E-state index is 12.3. The Balaban J connectivity index is 1.70. The van der Waals surface area contributed by atoms with Gasteiger partial charge in [-0.05, 0) is 49.6 Å². The quantitative estimate of drug-likeness (QED) is 0.840. The van der Waals surface area contributed by atoms with Crippen LogP contribution in [-0.2, 0) is 13.0 Å². The monoisotopic (exact) mass is 308 g/mol. The smallest absolute Gasteiger partial charge is 0.253 e. The molecule has 2 aromatic carbocycles. The lowest BCUT2D eigenvalue weighted by atomic mass is 10.1. The summed E-state index contributed by atoms with van der Waals surface area (Å²) in [6.45, 7) is 7.50. The number of carbonyl (C=O) groups is 1. The number of nitrogens with zero attached hydrogens (tertiary/aromatic N) is 2. The van der Waals surface area contributed by atoms with Crippen molar-refractivity contribution < 1.29 is 4.79 Å². The van der Waals surface area contributed by atoms with Gasteiger partial charge in [0.1, 0.15) is 0 Å². The van der Waals surface area contributed by atoms with E-state index in [0.717, 1.165) is 38.2 Å². The fraction of sp³-hybridized carbons (Fsp3) is 0.350. The van der Waals surface area contributed by atoms with Crippen LogP contribution in [0.5, 0.6) is 0 Å². The molecule has 23 heavy (non-hydrogen) atoms. The Hall–Kier alpha value is -2.29. The van der Waals surface area contributed by atoms with E-state index in [2.05, 4.69) is 41.3 Å². The third-order valence-electron chi connectivity index (χ3n) is 4.61. The molecule has 0 unspecified atom stereocenters. The predicted octanol–water partition coefficient (Wildman–Crippen LogP) is 3.73. The molecule has 0 N–H and O–H groups in total. The molecule has 0 saturated carbocycles. The van der Waals surface area contributed by atoms with Crippen LogP contribution in [0.25, 0.3) is 0 Å². The summed E-state index contributed by atoms with van der Waals surface area (Å²) in [5.41, 5.74) is 4.80. The van der Waals surface area contributed by atoms with Crippen molar-refractivity contribution in [2.45, 2.75) is 26.8 Å². The first-order valence-electron chi connectivity index (χ1n) is 8.44. The second-order valence-electron chi connectivity index (χ2n) is 5.97. The minimum atomic E-state index is 0.119. The first-order chi connectivity index (χ1) is 11.2. The van der Waals surface area contributed by atoms with E-state index in [1.165, 1.54) is 16.8 Å². The van der Waals surface area contributed by atoms with Gasteiger partial charge in [0.25, 0.3) is 5.91 Å². The zero-order valence-electron chi connectivity index (χ0n) is 14.0. The van der Waals surface area contributed by atoms with Crippen molar-refractivity contribution in [3.05, 3.63) is 65.2 Å². The van der Waals surface area contributed by atoms with E-state index in [1.54, 1.807) is 0 Å². The third kappa shape index (κ3) is 3.24. The van der Waals surface area contributed by atoms with Crippen LogP contribution in [0.2, 0.25) is 0 Å². The van der Waals surface area contributed by atoms with Crippen molar-refractivity contribution in [3.8, 4) is 0 Å². The number of anilines is 1. The Labute approximate surface area is 138 Å². The molecule has 3 nitrogen and oxygen atoms in total. The van der Waals surface area contributed by atoms with Gasteiger partial charge in [0.15, 0.2) is 0 Å². The zero-order valence-corrected chi connectivity index (χ0v) is 14.0. The molecule has 0 spiro atoms. The van der Waals surface area contributed by atoms with Crippen molar-refractivity contribution in [1.29, 1.82) is 0 Å². The summed E-state index contributed by atoms with van der Waals surface area (Å²) in [6, 6.07) is 16.7. The highest BCUT2D eigenvalue weighted by atomic mass is 16.2. The van der Waals surface area contributed by atoms with Crippen molar-refractivity contribution in [2.24, 2.45) is 0 Å². The highest BCUT2D eigenvalue weighted by Crippen LogP contribution is 2.28. The SMILES string of the molecule is CCN(CC)C(=O)c1ccc(CN2CCc3ccccc32)cc1. The number of benzene rings is 2. The fourth-order valence-electron chi connectivity index (χ4n) is 3.24. The lowest BCUT2D eigenvalue weighted by Crippen LogP contribution is -2.30. The average molecular weight is 308 g/mol. The predicted molar refractivity (Wildman–Crippen MR) is 94.9 cm³/mol. The molecule has 1 heterocycles. The van der Waals surface area contributed by atoms with Crippen LogP contribution in [0.4, 0.5) is 5.69 Å². The second-order valence-corrected chi connectivity index (χ2v) is 5.97. The summed E-state index contributed by atoms with van der Waals surface area (Å²) in [7, 11) is 0. The molecule has 3 rings (SSSR count). The fourth-order valence-corrected chi connectivity index (χ4v) is 3.24. The van der Waals surface area contributed by atoms with Gasteiger partial charge in [-0.1, -0.05) is 30.3 Å². The van der Waals surface area contributed by atoms with Gasteiger partial charge in [-0.15, -0.1) is 0 Å². The lowest BCUT2D eigenvalue weighted by molar-refractivity contribution is 0.0773. The maximum Gasteiger partial charge on any atom is 0.253 e. The standard InChI is InChI=1S/C20H24N2O/c1-3-21(4-2)20(23)18-11-9-16(10-12-18)15-22-14-13-17-7-5-6-8-19(17)22/h5-12H,3-4,13-15H2,1-2H3. The normalized spacial score (nSPS) is 13.0. The molecule has 0 radical (unpaired) electrons. The third-order valence-corrected chi connectivity index (χ3v) is 4.61. The highest BCUT2D eigenvalue weighted by molar-refractivity contribution is 5.94. The molecule has 0 saturated heterocycles. The molecule has 3 heteroatoms. The molecule has 0 bridgehead atoms. The molecule has 0 aromatic heterocycles. The Morgan fingerprint density at radius 2 is 1.74 bits per heavy atom. The summed E-state index contributed by atoms with van der Waals surface area (Å²) in [6.07, 6.45) is 1.12. The van der Waals surface area contributed by atoms with Crippen molar-refractivity contribution >= 4 is 11.6 Å². The van der Waals surface area contributed by atoms with Gasteiger partial charge in [-0.3, -0.25) is 4.79 Å². The van der Waals surface area contributed by atoms with Gasteiger partial charge in [0.05, 0.1) is 0 Å². The zero-order chi connectivity index (χ0) is 16.2. The number of rotatable bonds is 5. The summed E-state index contributed by atoms with van der Waals surface area (Å²) in [5.74, 6) is 0.119. The molecule has 1 amide bonds. The summed E-state index contributed by atoms with van der Waals surface area (Å²) >= 11 is 0. The Kier molecular flexibility index (Phi) is 4.65. The van der Waals surface area contributed by atoms with Crippen molar-refractivity contribution in [2.75, 3.05) is 24.5 Å². The largest absolute Gasteiger partial charge is 0.367 e. The van der Waals surface area contributed by atoms with Crippen molar-refractivity contribution in [1.82, 2.24) is 4.90 Å². The minimum absolute atomic E-state index is 0.119. The molecule has 120 valence electrons. The molecule has 2 aromatic rings. The lowest BCUT2D eigenvalue weighted by Gasteiger charge is -2.21. The van der Waals surface area contributed by atoms with Gasteiger partial charge in [-0.2, -0.15) is 0 Å². The van der Waals surface area contributed by atoms with Gasteiger partial charge < -0.3 is 9.80 Å². The highest BCUT2D eigenvalue weighted by Gasteiger charge is 2.18. The molecule has 0 atom stereocenters. The number of fused-ring (bicyclic) bond motifs is 1. The number of para-hydroxylation sites is 1. The molecule has 0 fully saturated rings. The van der Waals surface area contributed by atoms with Crippen LogP contribution in [0.1, 0.15) is 35.3 Å². The first-order valence-corrected chi connectivity index (χ1v) is 8.44. The van der Waals surface area contributed by atoms with E-state index in [1.807, 2.05) is 30.9 Å². The second kappa shape index (κ2) is 6.86. The molecule has 1 aliphatic rings. The molecule has 1 aliphatic heterocycles. The topological polar surface area (TPSA) is 23.6 Å². The van der Waals surface area contributed by atoms with Gasteiger partial charge >= 0.3 is 0 Å². The van der Waals surface area contributed by atoms with E-state index in [0.29, 0.717) is 0 Å². The average Bonchev–Trinajstić information content (AvgIpc) is 3.00. The van der Waals surface area contributed by atoms with E-state index in [4.69, 9.17) is 0 Å². The number of hydrogen-bond donors (Lipinski definition) is 0. The van der Waals surface area contributed by atoms with Crippen LogP contribution in [0.15, 0.2) is 48.5 Å². The van der Waals surface area contributed by atoms with Crippen molar-refractivity contribution in [3.63, 3.8) is 0 Å². The van der Waals surface area contributed by atoms with Crippen LogP contribution in [-0.4, -0.2) is 30.4 Å². The van der Waals surface area contributed by atoms with Crippen LogP contribution >= 0.6 is 0 Å². The summed E-state index contributed by atoms with van der Waals surface area (Å²) < 4.78 is 0. The first kappa shape index (κ1) is 15.6. The van der Waals surface area contributed by atoms with E-state index >= 15 is 0 Å². The van der Waals surface area contributed by atoms with Gasteiger partial charge in [-0.25, -0.2) is 0 Å². The Morgan fingerprint density at radius 3 is 2.43 bits per heavy atom. The Bertz CT molecular complexity index is 674. The number of hydrogen-bond acceptors (Lipinski definition) is 2. The van der Waals surface area contributed by atoms with Gasteiger partial charge in [0.2, 0.25) is 0 Å². The maximum atomic E-state index is 12.3. The van der Waals surface area contributed by atoms with Crippen LogP contribution in [0.3, 0.4) is 0 Å². The van der Waals surface area contributed by atoms with E-state index < -0.39 is 0 Å². The summed E-state index contributed by atoms with van der Waals surface area (Å²) in [4.78, 5) is 16.6. The van der Waals surface area contributed by atoms with E-state index in [-0.39, 0.29) is 5.91 Å². The molecular formula is C20H24N2O. The van der Waals surface area contributed by atoms with Gasteiger partial charge in [0, 0.05) is 37.4 Å². The minimum Gasteiger partial charge on any atom is -0.367 e. The number of amides is 1. The molecular weight excluding hydrogens is 284 g/mol. The molecule has 0 aliphatic carbocycles. The Morgan fingerprint density at radius 1 is 1.04 bits per heavy atom. The summed E-state index contributed by atoms with van der Waals surface area (Å²) in [5, 5.41) is 0.